The highest BCUT2D eigenvalue weighted by molar-refractivity contribution is 6.05. The first kappa shape index (κ1) is 29.8. The van der Waals surface area contributed by atoms with Gasteiger partial charge in [0.15, 0.2) is 0 Å². The molecule has 0 saturated heterocycles. The molecule has 1 aliphatic carbocycles. The van der Waals surface area contributed by atoms with Crippen LogP contribution in [0.4, 0.5) is 17.1 Å². The topological polar surface area (TPSA) is 12.5 Å². The van der Waals surface area contributed by atoms with E-state index in [-0.39, 0.29) is 0 Å². The molecule has 1 aliphatic heterocycles. The fourth-order valence-electron chi connectivity index (χ4n) is 9.07. The molecule has 0 bridgehead atoms. The first-order chi connectivity index (χ1) is 26.3. The number of benzene rings is 9. The Hall–Kier alpha value is -6.90. The molecule has 248 valence electrons. The van der Waals surface area contributed by atoms with E-state index in [1.807, 2.05) is 0 Å². The Kier molecular flexibility index (Phi) is 6.50. The zero-order valence-corrected chi connectivity index (χ0v) is 28.9. The van der Waals surface area contributed by atoms with Crippen molar-refractivity contribution in [1.82, 2.24) is 0 Å². The summed E-state index contributed by atoms with van der Waals surface area (Å²) in [6.07, 6.45) is 0. The lowest BCUT2D eigenvalue weighted by Crippen LogP contribution is -2.32. The van der Waals surface area contributed by atoms with Crippen LogP contribution in [0.1, 0.15) is 22.3 Å². The van der Waals surface area contributed by atoms with Crippen LogP contribution in [0.15, 0.2) is 200 Å². The third-order valence-corrected chi connectivity index (χ3v) is 11.3. The number of hydrogen-bond donors (Lipinski definition) is 0. The summed E-state index contributed by atoms with van der Waals surface area (Å²) in [4.78, 5) is 2.43. The largest absolute Gasteiger partial charge is 0.457 e. The van der Waals surface area contributed by atoms with Gasteiger partial charge in [0.25, 0.3) is 0 Å². The minimum atomic E-state index is -0.511. The van der Waals surface area contributed by atoms with Gasteiger partial charge in [0.05, 0.1) is 16.8 Å². The second kappa shape index (κ2) is 11.6. The molecule has 1 spiro atoms. The molecule has 0 atom stereocenters. The van der Waals surface area contributed by atoms with E-state index >= 15 is 0 Å². The van der Waals surface area contributed by atoms with Gasteiger partial charge >= 0.3 is 0 Å². The van der Waals surface area contributed by atoms with E-state index in [1.165, 1.54) is 60.5 Å². The van der Waals surface area contributed by atoms with E-state index in [2.05, 4.69) is 205 Å². The maximum Gasteiger partial charge on any atom is 0.132 e. The van der Waals surface area contributed by atoms with Crippen LogP contribution in [-0.2, 0) is 5.41 Å². The molecule has 2 heteroatoms. The molecule has 53 heavy (non-hydrogen) atoms. The first-order valence-corrected chi connectivity index (χ1v) is 18.3. The Morgan fingerprint density at radius 3 is 1.55 bits per heavy atom. The summed E-state index contributed by atoms with van der Waals surface area (Å²) in [5.41, 5.74) is 12.7. The van der Waals surface area contributed by atoms with E-state index in [1.54, 1.807) is 0 Å². The van der Waals surface area contributed by atoms with Crippen LogP contribution in [0.3, 0.4) is 0 Å². The summed E-state index contributed by atoms with van der Waals surface area (Å²) in [6.45, 7) is 0. The van der Waals surface area contributed by atoms with Crippen molar-refractivity contribution >= 4 is 38.6 Å². The smallest absolute Gasteiger partial charge is 0.132 e. The van der Waals surface area contributed by atoms with Gasteiger partial charge in [0.1, 0.15) is 11.5 Å². The molecule has 0 N–H and O–H groups in total. The van der Waals surface area contributed by atoms with Gasteiger partial charge in [-0.1, -0.05) is 158 Å². The fraction of sp³-hybridized carbons (Fsp3) is 0.0196. The number of rotatable bonds is 4. The average Bonchev–Trinajstić information content (AvgIpc) is 3.51. The van der Waals surface area contributed by atoms with E-state index in [4.69, 9.17) is 4.74 Å². The lowest BCUT2D eigenvalue weighted by atomic mass is 9.66. The van der Waals surface area contributed by atoms with Gasteiger partial charge in [-0.3, -0.25) is 0 Å². The molecular weight excluding hydrogens is 643 g/mol. The third kappa shape index (κ3) is 4.33. The number of hydrogen-bond acceptors (Lipinski definition) is 2. The molecule has 9 aromatic carbocycles. The van der Waals surface area contributed by atoms with Gasteiger partial charge in [-0.15, -0.1) is 0 Å². The molecule has 2 nitrogen and oxygen atoms in total. The lowest BCUT2D eigenvalue weighted by Gasteiger charge is -2.39. The van der Waals surface area contributed by atoms with Crippen LogP contribution in [0.25, 0.3) is 43.8 Å². The Morgan fingerprint density at radius 2 is 0.868 bits per heavy atom. The van der Waals surface area contributed by atoms with Gasteiger partial charge in [0.2, 0.25) is 0 Å². The minimum Gasteiger partial charge on any atom is -0.457 e. The van der Waals surface area contributed by atoms with Gasteiger partial charge < -0.3 is 9.64 Å². The molecule has 11 rings (SSSR count). The van der Waals surface area contributed by atoms with Crippen molar-refractivity contribution in [3.05, 3.63) is 222 Å². The highest BCUT2D eigenvalue weighted by Crippen LogP contribution is 2.62. The predicted octanol–water partition coefficient (Wildman–Crippen LogP) is 13.6. The molecule has 0 amide bonds. The van der Waals surface area contributed by atoms with Crippen molar-refractivity contribution in [2.24, 2.45) is 0 Å². The van der Waals surface area contributed by atoms with E-state index in [0.717, 1.165) is 34.1 Å². The van der Waals surface area contributed by atoms with Crippen molar-refractivity contribution in [3.8, 4) is 33.8 Å². The molecule has 0 unspecified atom stereocenters. The molecule has 0 aromatic heterocycles. The lowest BCUT2D eigenvalue weighted by molar-refractivity contribution is 0.436. The summed E-state index contributed by atoms with van der Waals surface area (Å²) in [5.74, 6) is 1.81. The normalized spacial score (nSPS) is 13.2. The highest BCUT2D eigenvalue weighted by Gasteiger charge is 2.51. The fourth-order valence-corrected chi connectivity index (χ4v) is 9.07. The SMILES string of the molecule is c1cc(-c2ccc3c(c2)C2(c4ccccc4Oc4ccccc42)c2ccccc2-3)cc(N(c2cccc3ccccc23)c2cccc3ccccc23)c1. The molecule has 0 saturated carbocycles. The van der Waals surface area contributed by atoms with Gasteiger partial charge in [0, 0.05) is 27.6 Å². The summed E-state index contributed by atoms with van der Waals surface area (Å²) in [7, 11) is 0. The quantitative estimate of drug-likeness (QED) is 0.184. The van der Waals surface area contributed by atoms with Crippen LogP contribution >= 0.6 is 0 Å². The number of anilines is 3. The maximum absolute atomic E-state index is 6.59. The van der Waals surface area contributed by atoms with Crippen LogP contribution in [0.2, 0.25) is 0 Å². The zero-order chi connectivity index (χ0) is 34.9. The van der Waals surface area contributed by atoms with Gasteiger partial charge in [-0.25, -0.2) is 0 Å². The number of fused-ring (bicyclic) bond motifs is 11. The third-order valence-electron chi connectivity index (χ3n) is 11.3. The van der Waals surface area contributed by atoms with Crippen molar-refractivity contribution in [2.75, 3.05) is 4.90 Å². The van der Waals surface area contributed by atoms with Crippen molar-refractivity contribution < 1.29 is 4.74 Å². The Balaban J connectivity index is 1.14. The number of ether oxygens (including phenoxy) is 1. The molecule has 2 aliphatic rings. The van der Waals surface area contributed by atoms with E-state index < -0.39 is 5.41 Å². The van der Waals surface area contributed by atoms with Crippen LogP contribution in [0, 0.1) is 0 Å². The summed E-state index contributed by atoms with van der Waals surface area (Å²) in [6, 6.07) is 72.7. The molecule has 1 heterocycles. The van der Waals surface area contributed by atoms with Gasteiger partial charge in [-0.05, 0) is 86.6 Å². The van der Waals surface area contributed by atoms with Crippen molar-refractivity contribution in [3.63, 3.8) is 0 Å². The summed E-state index contributed by atoms with van der Waals surface area (Å²) >= 11 is 0. The Bertz CT molecular complexity index is 2770. The monoisotopic (exact) mass is 675 g/mol. The van der Waals surface area contributed by atoms with Crippen molar-refractivity contribution in [2.45, 2.75) is 5.41 Å². The molecule has 0 fully saturated rings. The second-order valence-corrected chi connectivity index (χ2v) is 14.0. The van der Waals surface area contributed by atoms with E-state index in [0.29, 0.717) is 0 Å². The average molecular weight is 676 g/mol. The number of nitrogens with zero attached hydrogens (tertiary/aromatic N) is 1. The zero-order valence-electron chi connectivity index (χ0n) is 28.9. The standard InChI is InChI=1S/C51H33NO/c1-3-20-39-34(14-1)16-12-26-47(39)52(48-27-13-17-35-15-2-4-21-40(35)48)38-19-11-18-36(32-38)37-30-31-42-41-22-5-6-23-43(41)51(46(42)33-37)44-24-7-9-28-49(44)53-50-29-10-8-25-45(50)51/h1-33H. The molecule has 0 radical (unpaired) electrons. The summed E-state index contributed by atoms with van der Waals surface area (Å²) in [5, 5.41) is 4.85. The first-order valence-electron chi connectivity index (χ1n) is 18.3. The molecular formula is C51H33NO. The summed E-state index contributed by atoms with van der Waals surface area (Å²) < 4.78 is 6.59. The maximum atomic E-state index is 6.59. The van der Waals surface area contributed by atoms with Crippen molar-refractivity contribution in [1.29, 1.82) is 0 Å². The Labute approximate surface area is 308 Å². The molecule has 9 aromatic rings. The van der Waals surface area contributed by atoms with Crippen LogP contribution < -0.4 is 9.64 Å². The van der Waals surface area contributed by atoms with Gasteiger partial charge in [-0.2, -0.15) is 0 Å². The predicted molar refractivity (Wildman–Crippen MR) is 219 cm³/mol. The van der Waals surface area contributed by atoms with Crippen LogP contribution in [-0.4, -0.2) is 0 Å². The highest BCUT2D eigenvalue weighted by atomic mass is 16.5. The van der Waals surface area contributed by atoms with Crippen LogP contribution in [0.5, 0.6) is 11.5 Å². The van der Waals surface area contributed by atoms with E-state index in [9.17, 15) is 0 Å². The second-order valence-electron chi connectivity index (χ2n) is 14.0. The minimum absolute atomic E-state index is 0.511. The number of para-hydroxylation sites is 2. The Morgan fingerprint density at radius 1 is 0.358 bits per heavy atom.